The third kappa shape index (κ3) is 7.05. The first-order valence-corrected chi connectivity index (χ1v) is 10.3. The number of rotatable bonds is 10. The van der Waals surface area contributed by atoms with Crippen LogP contribution in [0.3, 0.4) is 0 Å². The summed E-state index contributed by atoms with van der Waals surface area (Å²) in [5.41, 5.74) is 0. The lowest BCUT2D eigenvalue weighted by Crippen LogP contribution is -2.40. The first kappa shape index (κ1) is 20.3. The van der Waals surface area contributed by atoms with Crippen LogP contribution in [0.1, 0.15) is 35.9 Å². The van der Waals surface area contributed by atoms with Crippen molar-refractivity contribution in [3.05, 3.63) is 44.8 Å². The van der Waals surface area contributed by atoms with Crippen molar-refractivity contribution in [2.45, 2.75) is 45.3 Å². The quantitative estimate of drug-likeness (QED) is 0.606. The molecule has 8 heteroatoms. The van der Waals surface area contributed by atoms with Gasteiger partial charge in [-0.2, -0.15) is 0 Å². The van der Waals surface area contributed by atoms with E-state index in [0.29, 0.717) is 19.5 Å². The van der Waals surface area contributed by atoms with E-state index in [9.17, 15) is 9.59 Å². The van der Waals surface area contributed by atoms with Gasteiger partial charge < -0.3 is 15.2 Å². The van der Waals surface area contributed by atoms with Gasteiger partial charge in [0, 0.05) is 9.75 Å². The minimum Gasteiger partial charge on any atom is -0.465 e. The van der Waals surface area contributed by atoms with Crippen LogP contribution in [-0.2, 0) is 17.8 Å². The third-order valence-corrected chi connectivity index (χ3v) is 5.48. The Morgan fingerprint density at radius 1 is 1.19 bits per heavy atom. The molecular formula is C18H24N2O4S2. The molecule has 26 heavy (non-hydrogen) atoms. The van der Waals surface area contributed by atoms with Gasteiger partial charge in [0.1, 0.15) is 6.61 Å². The van der Waals surface area contributed by atoms with Crippen LogP contribution in [0.5, 0.6) is 0 Å². The van der Waals surface area contributed by atoms with Crippen molar-refractivity contribution in [2.24, 2.45) is 0 Å². The molecule has 2 amide bonds. The van der Waals surface area contributed by atoms with Crippen molar-refractivity contribution < 1.29 is 19.4 Å². The lowest BCUT2D eigenvalue weighted by atomic mass is 10.1. The van der Waals surface area contributed by atoms with E-state index in [0.717, 1.165) is 22.6 Å². The smallest absolute Gasteiger partial charge is 0.410 e. The van der Waals surface area contributed by atoms with Crippen LogP contribution in [0.15, 0.2) is 35.0 Å². The van der Waals surface area contributed by atoms with Gasteiger partial charge in [0.25, 0.3) is 0 Å². The summed E-state index contributed by atoms with van der Waals surface area (Å²) in [5.74, 6) is 0. The first-order chi connectivity index (χ1) is 12.6. The zero-order valence-electron chi connectivity index (χ0n) is 14.7. The number of carbonyl (C=O) groups is 2. The molecule has 2 aromatic heterocycles. The summed E-state index contributed by atoms with van der Waals surface area (Å²) in [4.78, 5) is 27.3. The first-order valence-electron chi connectivity index (χ1n) is 8.54. The molecule has 0 aliphatic carbocycles. The maximum Gasteiger partial charge on any atom is 0.410 e. The van der Waals surface area contributed by atoms with E-state index in [2.05, 4.69) is 5.32 Å². The second kappa shape index (κ2) is 10.8. The molecule has 2 heterocycles. The number of unbranched alkanes of at least 4 members (excludes halogenated alkanes) is 1. The molecule has 0 fully saturated rings. The van der Waals surface area contributed by atoms with Crippen molar-refractivity contribution >= 4 is 34.9 Å². The summed E-state index contributed by atoms with van der Waals surface area (Å²) in [7, 11) is 0. The molecule has 2 N–H and O–H groups in total. The maximum absolute atomic E-state index is 12.6. The Labute approximate surface area is 161 Å². The fourth-order valence-electron chi connectivity index (χ4n) is 2.45. The van der Waals surface area contributed by atoms with E-state index in [4.69, 9.17) is 9.84 Å². The molecule has 0 aromatic carbocycles. The number of hydrogen-bond donors (Lipinski definition) is 2. The van der Waals surface area contributed by atoms with E-state index in [1.807, 2.05) is 41.9 Å². The molecule has 0 unspecified atom stereocenters. The van der Waals surface area contributed by atoms with Crippen molar-refractivity contribution in [2.75, 3.05) is 6.61 Å². The highest BCUT2D eigenvalue weighted by molar-refractivity contribution is 7.10. The minimum absolute atomic E-state index is 0.0382. The van der Waals surface area contributed by atoms with E-state index in [-0.39, 0.29) is 12.6 Å². The molecule has 1 atom stereocenters. The minimum atomic E-state index is -1.10. The van der Waals surface area contributed by atoms with Gasteiger partial charge in [-0.25, -0.2) is 9.59 Å². The van der Waals surface area contributed by atoms with Crippen LogP contribution in [0, 0.1) is 0 Å². The number of carboxylic acid groups (broad SMARTS) is 1. The number of nitrogens with zero attached hydrogens (tertiary/aromatic N) is 1. The highest BCUT2D eigenvalue weighted by Crippen LogP contribution is 2.18. The molecule has 2 aromatic rings. The number of carbonyl (C=O) groups excluding carboxylic acids is 1. The molecule has 6 nitrogen and oxygen atoms in total. The Morgan fingerprint density at radius 2 is 1.81 bits per heavy atom. The van der Waals surface area contributed by atoms with Gasteiger partial charge >= 0.3 is 12.2 Å². The van der Waals surface area contributed by atoms with E-state index >= 15 is 0 Å². The fraction of sp³-hybridized carbons (Fsp3) is 0.444. The molecule has 0 radical (unpaired) electrons. The predicted molar refractivity (Wildman–Crippen MR) is 104 cm³/mol. The van der Waals surface area contributed by atoms with Crippen LogP contribution in [0.25, 0.3) is 0 Å². The van der Waals surface area contributed by atoms with Crippen LogP contribution < -0.4 is 5.32 Å². The van der Waals surface area contributed by atoms with Crippen molar-refractivity contribution in [1.82, 2.24) is 10.2 Å². The van der Waals surface area contributed by atoms with Crippen molar-refractivity contribution in [3.63, 3.8) is 0 Å². The Hall–Kier alpha value is -2.06. The molecule has 0 bridgehead atoms. The maximum atomic E-state index is 12.6. The van der Waals surface area contributed by atoms with Gasteiger partial charge in [-0.05, 0) is 29.3 Å². The normalized spacial score (nSPS) is 11.7. The van der Waals surface area contributed by atoms with Crippen LogP contribution in [-0.4, -0.2) is 34.8 Å². The number of amides is 2. The summed E-state index contributed by atoms with van der Waals surface area (Å²) in [5, 5.41) is 15.3. The summed E-state index contributed by atoms with van der Waals surface area (Å²) in [6.45, 7) is 3.02. The lowest BCUT2D eigenvalue weighted by molar-refractivity contribution is 0.0863. The van der Waals surface area contributed by atoms with Gasteiger partial charge in [0.2, 0.25) is 0 Å². The van der Waals surface area contributed by atoms with E-state index in [1.54, 1.807) is 27.6 Å². The molecule has 142 valence electrons. The van der Waals surface area contributed by atoms with Crippen molar-refractivity contribution in [3.8, 4) is 0 Å². The van der Waals surface area contributed by atoms with Gasteiger partial charge in [-0.3, -0.25) is 4.90 Å². The highest BCUT2D eigenvalue weighted by Gasteiger charge is 2.20. The van der Waals surface area contributed by atoms with Crippen LogP contribution in [0.4, 0.5) is 9.59 Å². The monoisotopic (exact) mass is 396 g/mol. The SMILES string of the molecule is CCCC[C@H](COC(=O)N(Cc1cccs1)Cc1cccs1)NC(=O)O. The second-order valence-electron chi connectivity index (χ2n) is 5.88. The second-order valence-corrected chi connectivity index (χ2v) is 7.94. The molecule has 0 aliphatic heterocycles. The standard InChI is InChI=1S/C18H24N2O4S2/c1-2-3-6-14(19-17(21)22)13-24-18(23)20(11-15-7-4-9-25-15)12-16-8-5-10-26-16/h4-5,7-10,14,19H,2-3,6,11-13H2,1H3,(H,21,22)/t14-/m1/s1. The third-order valence-electron chi connectivity index (χ3n) is 3.75. The van der Waals surface area contributed by atoms with Gasteiger partial charge in [-0.15, -0.1) is 22.7 Å². The number of nitrogens with one attached hydrogen (secondary N) is 1. The van der Waals surface area contributed by atoms with Gasteiger partial charge in [0.15, 0.2) is 0 Å². The number of hydrogen-bond acceptors (Lipinski definition) is 5. The molecule has 2 rings (SSSR count). The van der Waals surface area contributed by atoms with Gasteiger partial charge in [0.05, 0.1) is 19.1 Å². The van der Waals surface area contributed by atoms with Gasteiger partial charge in [-0.1, -0.05) is 31.9 Å². The zero-order chi connectivity index (χ0) is 18.8. The topological polar surface area (TPSA) is 78.9 Å². The van der Waals surface area contributed by atoms with E-state index < -0.39 is 12.2 Å². The fourth-order valence-corrected chi connectivity index (χ4v) is 3.89. The van der Waals surface area contributed by atoms with E-state index in [1.165, 1.54) is 0 Å². The Morgan fingerprint density at radius 3 is 2.27 bits per heavy atom. The average Bonchev–Trinajstić information content (AvgIpc) is 3.30. The largest absolute Gasteiger partial charge is 0.465 e. The van der Waals surface area contributed by atoms with Crippen molar-refractivity contribution in [1.29, 1.82) is 0 Å². The molecular weight excluding hydrogens is 372 g/mol. The number of ether oxygens (including phenoxy) is 1. The number of thiophene rings is 2. The van der Waals surface area contributed by atoms with Crippen LogP contribution in [0.2, 0.25) is 0 Å². The summed E-state index contributed by atoms with van der Waals surface area (Å²) in [6.07, 6.45) is 0.939. The molecule has 0 saturated heterocycles. The summed E-state index contributed by atoms with van der Waals surface area (Å²) >= 11 is 3.18. The average molecular weight is 397 g/mol. The lowest BCUT2D eigenvalue weighted by Gasteiger charge is -2.23. The zero-order valence-corrected chi connectivity index (χ0v) is 16.4. The van der Waals surface area contributed by atoms with Crippen LogP contribution >= 0.6 is 22.7 Å². The Bertz CT molecular complexity index is 623. The summed E-state index contributed by atoms with van der Waals surface area (Å²) in [6, 6.07) is 7.48. The predicted octanol–water partition coefficient (Wildman–Crippen LogP) is 4.77. The molecule has 0 aliphatic rings. The Balaban J connectivity index is 1.96. The Kier molecular flexibility index (Phi) is 8.43. The summed E-state index contributed by atoms with van der Waals surface area (Å²) < 4.78 is 5.43. The molecule has 0 saturated carbocycles. The molecule has 0 spiro atoms. The highest BCUT2D eigenvalue weighted by atomic mass is 32.1.